The predicted octanol–water partition coefficient (Wildman–Crippen LogP) is 3.62. The third-order valence-electron chi connectivity index (χ3n) is 4.14. The van der Waals surface area contributed by atoms with Crippen molar-refractivity contribution in [2.45, 2.75) is 66.0 Å². The van der Waals surface area contributed by atoms with Gasteiger partial charge in [-0.2, -0.15) is 11.8 Å². The van der Waals surface area contributed by atoms with Crippen LogP contribution in [-0.2, 0) is 0 Å². The van der Waals surface area contributed by atoms with Gasteiger partial charge in [0.05, 0.1) is 0 Å². The molecule has 0 aromatic rings. The van der Waals surface area contributed by atoms with Gasteiger partial charge in [-0.1, -0.05) is 27.7 Å². The van der Waals surface area contributed by atoms with Crippen molar-refractivity contribution < 1.29 is 0 Å². The van der Waals surface area contributed by atoms with Gasteiger partial charge in [0, 0.05) is 17.8 Å². The van der Waals surface area contributed by atoms with Crippen LogP contribution in [0.1, 0.15) is 53.9 Å². The lowest BCUT2D eigenvalue weighted by Gasteiger charge is -2.36. The van der Waals surface area contributed by atoms with E-state index in [-0.39, 0.29) is 0 Å². The van der Waals surface area contributed by atoms with E-state index in [0.717, 1.165) is 6.04 Å². The Labute approximate surface area is 125 Å². The molecule has 3 heteroatoms. The van der Waals surface area contributed by atoms with Crippen molar-refractivity contribution in [3.63, 3.8) is 0 Å². The smallest absolute Gasteiger partial charge is 0.0166 e. The molecule has 1 N–H and O–H groups in total. The van der Waals surface area contributed by atoms with E-state index in [9.17, 15) is 0 Å². The maximum atomic E-state index is 3.84. The van der Waals surface area contributed by atoms with E-state index < -0.39 is 0 Å². The highest BCUT2D eigenvalue weighted by atomic mass is 32.2. The number of nitrogens with one attached hydrogen (secondary N) is 1. The molecule has 2 nitrogen and oxygen atoms in total. The summed E-state index contributed by atoms with van der Waals surface area (Å²) < 4.78 is 0. The van der Waals surface area contributed by atoms with Crippen LogP contribution in [0.3, 0.4) is 0 Å². The number of rotatable bonds is 8. The van der Waals surface area contributed by atoms with Crippen LogP contribution in [-0.4, -0.2) is 48.1 Å². The van der Waals surface area contributed by atoms with Crippen molar-refractivity contribution in [1.29, 1.82) is 0 Å². The van der Waals surface area contributed by atoms with Crippen LogP contribution in [0.5, 0.6) is 0 Å². The van der Waals surface area contributed by atoms with Crippen LogP contribution in [0.2, 0.25) is 0 Å². The summed E-state index contributed by atoms with van der Waals surface area (Å²) in [5.74, 6) is 2.62. The topological polar surface area (TPSA) is 15.3 Å². The molecular weight excluding hydrogens is 252 g/mol. The van der Waals surface area contributed by atoms with Crippen LogP contribution < -0.4 is 5.32 Å². The van der Waals surface area contributed by atoms with Gasteiger partial charge in [0.25, 0.3) is 0 Å². The monoisotopic (exact) mass is 286 g/mol. The molecule has 1 fully saturated rings. The quantitative estimate of drug-likeness (QED) is 0.734. The highest BCUT2D eigenvalue weighted by Gasteiger charge is 2.28. The molecule has 0 bridgehead atoms. The van der Waals surface area contributed by atoms with Crippen molar-refractivity contribution in [1.82, 2.24) is 10.2 Å². The Kier molecular flexibility index (Phi) is 7.78. The number of thioether (sulfide) groups is 1. The zero-order chi connectivity index (χ0) is 14.3. The molecule has 1 aliphatic heterocycles. The van der Waals surface area contributed by atoms with Crippen LogP contribution >= 0.6 is 11.8 Å². The summed E-state index contributed by atoms with van der Waals surface area (Å²) in [7, 11) is 0. The lowest BCUT2D eigenvalue weighted by molar-refractivity contribution is 0.275. The number of hydrogen-bond acceptors (Lipinski definition) is 3. The predicted molar refractivity (Wildman–Crippen MR) is 89.1 cm³/mol. The van der Waals surface area contributed by atoms with E-state index in [0.29, 0.717) is 11.5 Å². The Morgan fingerprint density at radius 3 is 2.58 bits per heavy atom. The maximum absolute atomic E-state index is 3.84. The first-order valence-corrected chi connectivity index (χ1v) is 9.18. The fraction of sp³-hybridized carbons (Fsp3) is 1.00. The molecule has 0 aromatic heterocycles. The van der Waals surface area contributed by atoms with E-state index in [2.05, 4.69) is 56.6 Å². The van der Waals surface area contributed by atoms with Crippen LogP contribution in [0.4, 0.5) is 0 Å². The van der Waals surface area contributed by atoms with Gasteiger partial charge in [0.1, 0.15) is 0 Å². The first-order valence-electron chi connectivity index (χ1n) is 8.03. The van der Waals surface area contributed by atoms with E-state index in [1.807, 2.05) is 0 Å². The normalized spacial score (nSPS) is 24.6. The minimum atomic E-state index is 0.515. The van der Waals surface area contributed by atoms with E-state index >= 15 is 0 Å². The highest BCUT2D eigenvalue weighted by molar-refractivity contribution is 7.99. The van der Waals surface area contributed by atoms with Crippen molar-refractivity contribution in [3.05, 3.63) is 0 Å². The first-order chi connectivity index (χ1) is 8.96. The number of hydrogen-bond donors (Lipinski definition) is 1. The average molecular weight is 287 g/mol. The Bertz CT molecular complexity index is 239. The van der Waals surface area contributed by atoms with Crippen LogP contribution in [0, 0.1) is 5.41 Å². The molecule has 1 heterocycles. The van der Waals surface area contributed by atoms with Crippen LogP contribution in [0.25, 0.3) is 0 Å². The Morgan fingerprint density at radius 2 is 2.00 bits per heavy atom. The molecular formula is C16H34N2S. The number of nitrogens with zero attached hydrogens (tertiary/aromatic N) is 1. The molecule has 1 rings (SSSR count). The minimum Gasteiger partial charge on any atom is -0.311 e. The van der Waals surface area contributed by atoms with Gasteiger partial charge in [-0.25, -0.2) is 0 Å². The zero-order valence-corrected chi connectivity index (χ0v) is 14.5. The summed E-state index contributed by atoms with van der Waals surface area (Å²) >= 11 is 2.12. The largest absolute Gasteiger partial charge is 0.311 e. The van der Waals surface area contributed by atoms with Gasteiger partial charge >= 0.3 is 0 Å². The molecule has 2 unspecified atom stereocenters. The SMILES string of the molecule is CCN(CC)CCCC(C)NC1CSCC(C)(C)C1. The van der Waals surface area contributed by atoms with Crippen molar-refractivity contribution in [2.75, 3.05) is 31.1 Å². The average Bonchev–Trinajstić information content (AvgIpc) is 2.33. The molecule has 0 saturated carbocycles. The summed E-state index contributed by atoms with van der Waals surface area (Å²) in [6, 6.07) is 1.38. The van der Waals surface area contributed by atoms with Gasteiger partial charge < -0.3 is 10.2 Å². The van der Waals surface area contributed by atoms with Crippen molar-refractivity contribution in [3.8, 4) is 0 Å². The fourth-order valence-electron chi connectivity index (χ4n) is 3.02. The summed E-state index contributed by atoms with van der Waals surface area (Å²) in [4.78, 5) is 2.52. The van der Waals surface area contributed by atoms with Crippen molar-refractivity contribution >= 4 is 11.8 Å². The van der Waals surface area contributed by atoms with Gasteiger partial charge in [-0.3, -0.25) is 0 Å². The summed E-state index contributed by atoms with van der Waals surface area (Å²) in [6.45, 7) is 15.3. The standard InChI is InChI=1S/C16H34N2S/c1-6-18(7-2)10-8-9-14(3)17-15-11-16(4,5)13-19-12-15/h14-15,17H,6-13H2,1-5H3. The molecule has 2 atom stereocenters. The van der Waals surface area contributed by atoms with E-state index in [1.165, 1.54) is 50.4 Å². The molecule has 0 spiro atoms. The lowest BCUT2D eigenvalue weighted by atomic mass is 9.87. The van der Waals surface area contributed by atoms with Gasteiger partial charge in [-0.15, -0.1) is 0 Å². The lowest BCUT2D eigenvalue weighted by Crippen LogP contribution is -2.44. The second-order valence-electron chi connectivity index (χ2n) is 6.82. The summed E-state index contributed by atoms with van der Waals surface area (Å²) in [6.07, 6.45) is 3.96. The molecule has 114 valence electrons. The Balaban J connectivity index is 2.18. The molecule has 1 saturated heterocycles. The van der Waals surface area contributed by atoms with E-state index in [4.69, 9.17) is 0 Å². The minimum absolute atomic E-state index is 0.515. The summed E-state index contributed by atoms with van der Waals surface area (Å²) in [5.41, 5.74) is 0.515. The van der Waals surface area contributed by atoms with Gasteiger partial charge in [0.2, 0.25) is 0 Å². The van der Waals surface area contributed by atoms with Gasteiger partial charge in [0.15, 0.2) is 0 Å². The molecule has 0 aromatic carbocycles. The summed E-state index contributed by atoms with van der Waals surface area (Å²) in [5, 5.41) is 3.84. The molecule has 19 heavy (non-hydrogen) atoms. The van der Waals surface area contributed by atoms with Gasteiger partial charge in [-0.05, 0) is 57.0 Å². The third-order valence-corrected chi connectivity index (χ3v) is 5.76. The maximum Gasteiger partial charge on any atom is 0.0166 e. The van der Waals surface area contributed by atoms with Crippen molar-refractivity contribution in [2.24, 2.45) is 5.41 Å². The van der Waals surface area contributed by atoms with Crippen LogP contribution in [0.15, 0.2) is 0 Å². The Morgan fingerprint density at radius 1 is 1.32 bits per heavy atom. The highest BCUT2D eigenvalue weighted by Crippen LogP contribution is 2.33. The second-order valence-corrected chi connectivity index (χ2v) is 7.85. The van der Waals surface area contributed by atoms with E-state index in [1.54, 1.807) is 0 Å². The Hall–Kier alpha value is 0.270. The molecule has 0 aliphatic carbocycles. The molecule has 0 amide bonds. The fourth-order valence-corrected chi connectivity index (χ4v) is 4.30. The first kappa shape index (κ1) is 17.3. The molecule has 0 radical (unpaired) electrons. The second kappa shape index (κ2) is 8.53. The zero-order valence-electron chi connectivity index (χ0n) is 13.7. The molecule has 1 aliphatic rings. The third kappa shape index (κ3) is 7.01.